The Hall–Kier alpha value is -1.19. The van der Waals surface area contributed by atoms with Gasteiger partial charge in [-0.25, -0.2) is 4.98 Å². The number of hydrogen-bond acceptors (Lipinski definition) is 3. The highest BCUT2D eigenvalue weighted by atomic mass is 32.1. The van der Waals surface area contributed by atoms with Gasteiger partial charge < -0.3 is 5.32 Å². The molecule has 88 valence electrons. The summed E-state index contributed by atoms with van der Waals surface area (Å²) in [7, 11) is 2.02. The van der Waals surface area contributed by atoms with Crippen molar-refractivity contribution in [2.24, 2.45) is 0 Å². The first-order valence-corrected chi connectivity index (χ1v) is 6.88. The highest BCUT2D eigenvalue weighted by Crippen LogP contribution is 2.49. The Labute approximate surface area is 106 Å². The van der Waals surface area contributed by atoms with E-state index in [9.17, 15) is 0 Å². The number of likely N-dealkylation sites (N-methyl/N-ethyl adjacent to an activating group) is 1. The predicted octanol–water partition coefficient (Wildman–Crippen LogP) is 3.06. The Morgan fingerprint density at radius 2 is 2.06 bits per heavy atom. The van der Waals surface area contributed by atoms with Crippen LogP contribution in [0.4, 0.5) is 0 Å². The van der Waals surface area contributed by atoms with Crippen molar-refractivity contribution < 1.29 is 0 Å². The van der Waals surface area contributed by atoms with Gasteiger partial charge in [0, 0.05) is 22.9 Å². The van der Waals surface area contributed by atoms with Crippen LogP contribution in [0.25, 0.3) is 11.3 Å². The molecule has 1 fully saturated rings. The van der Waals surface area contributed by atoms with Crippen LogP contribution in [0.2, 0.25) is 0 Å². The molecule has 1 N–H and O–H groups in total. The largest absolute Gasteiger partial charge is 0.319 e. The molecule has 0 saturated heterocycles. The summed E-state index contributed by atoms with van der Waals surface area (Å²) in [5.41, 5.74) is 2.68. The molecule has 0 spiro atoms. The first-order valence-electron chi connectivity index (χ1n) is 6.00. The van der Waals surface area contributed by atoms with Crippen LogP contribution in [0.1, 0.15) is 17.8 Å². The van der Waals surface area contributed by atoms with Crippen LogP contribution in [0.15, 0.2) is 35.7 Å². The lowest BCUT2D eigenvalue weighted by Gasteiger charge is -2.10. The monoisotopic (exact) mass is 244 g/mol. The Morgan fingerprint density at radius 3 is 2.71 bits per heavy atom. The quantitative estimate of drug-likeness (QED) is 0.894. The minimum Gasteiger partial charge on any atom is -0.319 e. The van der Waals surface area contributed by atoms with Gasteiger partial charge in [-0.1, -0.05) is 30.3 Å². The van der Waals surface area contributed by atoms with Gasteiger partial charge in [-0.2, -0.15) is 0 Å². The molecule has 1 heterocycles. The highest BCUT2D eigenvalue weighted by Gasteiger charge is 2.46. The van der Waals surface area contributed by atoms with E-state index >= 15 is 0 Å². The summed E-state index contributed by atoms with van der Waals surface area (Å²) in [6.07, 6.45) is 2.55. The van der Waals surface area contributed by atoms with Gasteiger partial charge in [-0.3, -0.25) is 0 Å². The summed E-state index contributed by atoms with van der Waals surface area (Å²) < 4.78 is 0. The van der Waals surface area contributed by atoms with Gasteiger partial charge in [0.05, 0.1) is 5.69 Å². The van der Waals surface area contributed by atoms with Crippen molar-refractivity contribution in [1.29, 1.82) is 0 Å². The fourth-order valence-electron chi connectivity index (χ4n) is 2.21. The van der Waals surface area contributed by atoms with Crippen molar-refractivity contribution in [2.45, 2.75) is 18.3 Å². The predicted molar refractivity (Wildman–Crippen MR) is 72.4 cm³/mol. The van der Waals surface area contributed by atoms with Gasteiger partial charge in [0.1, 0.15) is 5.01 Å². The molecule has 0 amide bonds. The summed E-state index contributed by atoms with van der Waals surface area (Å²) >= 11 is 1.80. The van der Waals surface area contributed by atoms with Crippen LogP contribution in [0.5, 0.6) is 0 Å². The second kappa shape index (κ2) is 4.24. The zero-order valence-corrected chi connectivity index (χ0v) is 10.8. The maximum Gasteiger partial charge on any atom is 0.101 e. The molecule has 3 rings (SSSR count). The van der Waals surface area contributed by atoms with Crippen LogP contribution in [-0.4, -0.2) is 18.6 Å². The highest BCUT2D eigenvalue weighted by molar-refractivity contribution is 7.10. The van der Waals surface area contributed by atoms with Crippen LogP contribution in [0.3, 0.4) is 0 Å². The Balaban J connectivity index is 1.89. The van der Waals surface area contributed by atoms with Gasteiger partial charge in [0.15, 0.2) is 0 Å². The molecule has 17 heavy (non-hydrogen) atoms. The number of thiazole rings is 1. The van der Waals surface area contributed by atoms with E-state index in [1.165, 1.54) is 23.4 Å². The van der Waals surface area contributed by atoms with E-state index < -0.39 is 0 Å². The van der Waals surface area contributed by atoms with Gasteiger partial charge in [0.2, 0.25) is 0 Å². The summed E-state index contributed by atoms with van der Waals surface area (Å²) in [5.74, 6) is 0. The van der Waals surface area contributed by atoms with E-state index in [-0.39, 0.29) is 0 Å². The SMILES string of the molecule is CNCC1(c2nc(-c3ccccc3)cs2)CC1. The molecule has 0 radical (unpaired) electrons. The van der Waals surface area contributed by atoms with Gasteiger partial charge in [0.25, 0.3) is 0 Å². The zero-order valence-electron chi connectivity index (χ0n) is 9.94. The van der Waals surface area contributed by atoms with Crippen molar-refractivity contribution in [3.05, 3.63) is 40.7 Å². The molecular weight excluding hydrogens is 228 g/mol. The summed E-state index contributed by atoms with van der Waals surface area (Å²) in [5, 5.41) is 6.76. The number of nitrogens with one attached hydrogen (secondary N) is 1. The molecule has 0 atom stereocenters. The first-order chi connectivity index (χ1) is 8.34. The fourth-order valence-corrected chi connectivity index (χ4v) is 3.30. The molecule has 0 bridgehead atoms. The van der Waals surface area contributed by atoms with Gasteiger partial charge in [-0.15, -0.1) is 11.3 Å². The van der Waals surface area contributed by atoms with Crippen molar-refractivity contribution in [3.8, 4) is 11.3 Å². The molecule has 1 aromatic carbocycles. The molecular formula is C14H16N2S. The fraction of sp³-hybridized carbons (Fsp3) is 0.357. The van der Waals surface area contributed by atoms with Crippen LogP contribution in [-0.2, 0) is 5.41 Å². The third kappa shape index (κ3) is 2.01. The lowest BCUT2D eigenvalue weighted by Crippen LogP contribution is -2.23. The van der Waals surface area contributed by atoms with E-state index in [4.69, 9.17) is 4.98 Å². The molecule has 1 aliphatic rings. The van der Waals surface area contributed by atoms with Gasteiger partial charge >= 0.3 is 0 Å². The topological polar surface area (TPSA) is 24.9 Å². The number of benzene rings is 1. The standard InChI is InChI=1S/C14H16N2S/c1-15-10-14(7-8-14)13-16-12(9-17-13)11-5-3-2-4-6-11/h2-6,9,15H,7-8,10H2,1H3. The summed E-state index contributed by atoms with van der Waals surface area (Å²) in [4.78, 5) is 4.81. The summed E-state index contributed by atoms with van der Waals surface area (Å²) in [6.45, 7) is 1.05. The Bertz CT molecular complexity index is 500. The normalized spacial score (nSPS) is 17.0. The van der Waals surface area contributed by atoms with E-state index in [2.05, 4.69) is 35.0 Å². The third-order valence-corrected chi connectivity index (χ3v) is 4.48. The molecule has 2 nitrogen and oxygen atoms in total. The average Bonchev–Trinajstić information content (AvgIpc) is 2.98. The van der Waals surface area contributed by atoms with E-state index in [0.717, 1.165) is 12.2 Å². The molecule has 1 aliphatic carbocycles. The maximum absolute atomic E-state index is 4.81. The third-order valence-electron chi connectivity index (χ3n) is 3.40. The smallest absolute Gasteiger partial charge is 0.101 e. The van der Waals surface area contributed by atoms with Crippen molar-refractivity contribution in [1.82, 2.24) is 10.3 Å². The van der Waals surface area contributed by atoms with E-state index in [1.807, 2.05) is 13.1 Å². The van der Waals surface area contributed by atoms with Crippen molar-refractivity contribution >= 4 is 11.3 Å². The molecule has 3 heteroatoms. The first kappa shape index (κ1) is 10.9. The number of hydrogen-bond donors (Lipinski definition) is 1. The lowest BCUT2D eigenvalue weighted by molar-refractivity contribution is 0.621. The Kier molecular flexibility index (Phi) is 2.73. The van der Waals surface area contributed by atoms with Crippen LogP contribution >= 0.6 is 11.3 Å². The maximum atomic E-state index is 4.81. The molecule has 0 unspecified atom stereocenters. The number of rotatable bonds is 4. The minimum atomic E-state index is 0.340. The van der Waals surface area contributed by atoms with Crippen molar-refractivity contribution in [2.75, 3.05) is 13.6 Å². The van der Waals surface area contributed by atoms with E-state index in [1.54, 1.807) is 11.3 Å². The molecule has 0 aliphatic heterocycles. The molecule has 1 saturated carbocycles. The van der Waals surface area contributed by atoms with Crippen LogP contribution < -0.4 is 5.32 Å². The molecule has 1 aromatic heterocycles. The number of aromatic nitrogens is 1. The molecule has 2 aromatic rings. The second-order valence-electron chi connectivity index (χ2n) is 4.71. The Morgan fingerprint density at radius 1 is 1.29 bits per heavy atom. The zero-order chi connectivity index (χ0) is 11.7. The lowest BCUT2D eigenvalue weighted by atomic mass is 10.1. The minimum absolute atomic E-state index is 0.340. The van der Waals surface area contributed by atoms with Crippen molar-refractivity contribution in [3.63, 3.8) is 0 Å². The average molecular weight is 244 g/mol. The van der Waals surface area contributed by atoms with E-state index in [0.29, 0.717) is 5.41 Å². The van der Waals surface area contributed by atoms with Gasteiger partial charge in [-0.05, 0) is 19.9 Å². The number of nitrogens with zero attached hydrogens (tertiary/aromatic N) is 1. The van der Waals surface area contributed by atoms with Crippen LogP contribution in [0, 0.1) is 0 Å². The second-order valence-corrected chi connectivity index (χ2v) is 5.57. The summed E-state index contributed by atoms with van der Waals surface area (Å²) in [6, 6.07) is 10.4.